The fourth-order valence-corrected chi connectivity index (χ4v) is 2.06. The van der Waals surface area contributed by atoms with Gasteiger partial charge in [0.2, 0.25) is 0 Å². The highest BCUT2D eigenvalue weighted by Gasteiger charge is 2.10. The van der Waals surface area contributed by atoms with Crippen molar-refractivity contribution in [2.45, 2.75) is 10.2 Å². The van der Waals surface area contributed by atoms with Crippen LogP contribution in [-0.2, 0) is 7.05 Å². The van der Waals surface area contributed by atoms with Gasteiger partial charge >= 0.3 is 5.69 Å². The molecule has 2 rings (SSSR count). The van der Waals surface area contributed by atoms with E-state index in [1.807, 2.05) is 0 Å². The predicted octanol–water partition coefficient (Wildman–Crippen LogP) is 0.890. The molecule has 0 atom stereocenters. The molecule has 0 radical (unpaired) electrons. The molecular formula is C8H8ClN5OS. The van der Waals surface area contributed by atoms with Gasteiger partial charge in [-0.3, -0.25) is 4.57 Å². The van der Waals surface area contributed by atoms with E-state index in [9.17, 15) is 4.79 Å². The average Bonchev–Trinajstić information content (AvgIpc) is 2.54. The van der Waals surface area contributed by atoms with Crippen molar-refractivity contribution in [3.63, 3.8) is 0 Å². The van der Waals surface area contributed by atoms with Crippen LogP contribution in [0, 0.1) is 0 Å². The average molecular weight is 258 g/mol. The maximum atomic E-state index is 11.1. The van der Waals surface area contributed by atoms with Gasteiger partial charge in [-0.1, -0.05) is 11.6 Å². The molecule has 2 aromatic heterocycles. The van der Waals surface area contributed by atoms with E-state index in [4.69, 9.17) is 17.3 Å². The summed E-state index contributed by atoms with van der Waals surface area (Å²) in [5, 5.41) is 7.64. The van der Waals surface area contributed by atoms with Crippen molar-refractivity contribution in [1.82, 2.24) is 19.7 Å². The standard InChI is InChI=1S/C8H8ClN5OS/c1-14-7(15)12-13-8(14)16-6-5(9)2-4(10)3-11-6/h2-3H,10H2,1H3,(H,12,15). The zero-order valence-corrected chi connectivity index (χ0v) is 9.84. The molecule has 16 heavy (non-hydrogen) atoms. The van der Waals surface area contributed by atoms with Gasteiger partial charge < -0.3 is 5.73 Å². The van der Waals surface area contributed by atoms with Gasteiger partial charge in [0, 0.05) is 7.05 Å². The number of H-pyrrole nitrogens is 1. The molecule has 3 N–H and O–H groups in total. The van der Waals surface area contributed by atoms with Gasteiger partial charge in [0.25, 0.3) is 0 Å². The van der Waals surface area contributed by atoms with Gasteiger partial charge in [0.15, 0.2) is 5.16 Å². The first-order valence-electron chi connectivity index (χ1n) is 4.28. The minimum atomic E-state index is -0.283. The van der Waals surface area contributed by atoms with E-state index < -0.39 is 0 Å². The van der Waals surface area contributed by atoms with Gasteiger partial charge in [-0.2, -0.15) is 0 Å². The topological polar surface area (TPSA) is 89.6 Å². The number of hydrogen-bond donors (Lipinski definition) is 2. The van der Waals surface area contributed by atoms with Crippen LogP contribution in [0.25, 0.3) is 0 Å². The van der Waals surface area contributed by atoms with Crippen LogP contribution in [0.1, 0.15) is 0 Å². The van der Waals surface area contributed by atoms with Crippen LogP contribution in [-0.4, -0.2) is 19.7 Å². The Labute approximate surface area is 99.8 Å². The number of rotatable bonds is 2. The largest absolute Gasteiger partial charge is 0.397 e. The van der Waals surface area contributed by atoms with Crippen LogP contribution in [0.4, 0.5) is 5.69 Å². The number of anilines is 1. The first-order chi connectivity index (χ1) is 7.58. The lowest BCUT2D eigenvalue weighted by atomic mass is 10.4. The van der Waals surface area contributed by atoms with E-state index in [0.717, 1.165) is 0 Å². The van der Waals surface area contributed by atoms with Gasteiger partial charge in [-0.25, -0.2) is 14.9 Å². The molecule has 0 aliphatic heterocycles. The van der Waals surface area contributed by atoms with Gasteiger partial charge in [0.05, 0.1) is 16.9 Å². The molecule has 2 aromatic rings. The highest BCUT2D eigenvalue weighted by atomic mass is 35.5. The first kappa shape index (κ1) is 11.0. The summed E-state index contributed by atoms with van der Waals surface area (Å²) in [7, 11) is 1.61. The Bertz CT molecular complexity index is 578. The van der Waals surface area contributed by atoms with E-state index in [1.165, 1.54) is 22.5 Å². The van der Waals surface area contributed by atoms with Crippen molar-refractivity contribution < 1.29 is 0 Å². The number of nitrogens with zero attached hydrogens (tertiary/aromatic N) is 3. The van der Waals surface area contributed by atoms with Gasteiger partial charge in [0.1, 0.15) is 5.03 Å². The Morgan fingerprint density at radius 1 is 1.62 bits per heavy atom. The molecule has 8 heteroatoms. The minimum Gasteiger partial charge on any atom is -0.397 e. The maximum absolute atomic E-state index is 11.1. The van der Waals surface area contributed by atoms with E-state index in [1.54, 1.807) is 13.1 Å². The normalized spacial score (nSPS) is 10.6. The second-order valence-electron chi connectivity index (χ2n) is 3.03. The van der Waals surface area contributed by atoms with Crippen molar-refractivity contribution in [1.29, 1.82) is 0 Å². The number of aromatic nitrogens is 4. The molecular weight excluding hydrogens is 250 g/mol. The molecule has 0 saturated heterocycles. The number of nitrogens with two attached hydrogens (primary N) is 1. The third kappa shape index (κ3) is 2.05. The Balaban J connectivity index is 2.34. The second-order valence-corrected chi connectivity index (χ2v) is 4.39. The van der Waals surface area contributed by atoms with Crippen LogP contribution in [0.15, 0.2) is 27.2 Å². The Hall–Kier alpha value is -1.47. The zero-order chi connectivity index (χ0) is 11.7. The van der Waals surface area contributed by atoms with Crippen LogP contribution in [0.3, 0.4) is 0 Å². The Kier molecular flexibility index (Phi) is 2.88. The number of pyridine rings is 1. The van der Waals surface area contributed by atoms with Crippen molar-refractivity contribution >= 4 is 29.1 Å². The van der Waals surface area contributed by atoms with Crippen molar-refractivity contribution in [2.24, 2.45) is 7.05 Å². The van der Waals surface area contributed by atoms with Gasteiger partial charge in [-0.15, -0.1) is 5.10 Å². The lowest BCUT2D eigenvalue weighted by Gasteiger charge is -2.02. The van der Waals surface area contributed by atoms with Crippen LogP contribution >= 0.6 is 23.4 Å². The molecule has 2 heterocycles. The number of aromatic amines is 1. The molecule has 0 aliphatic rings. The highest BCUT2D eigenvalue weighted by molar-refractivity contribution is 7.99. The molecule has 6 nitrogen and oxygen atoms in total. The third-order valence-corrected chi connectivity index (χ3v) is 3.32. The molecule has 0 aromatic carbocycles. The molecule has 0 saturated carbocycles. The molecule has 0 fully saturated rings. The molecule has 0 unspecified atom stereocenters. The first-order valence-corrected chi connectivity index (χ1v) is 5.47. The fourth-order valence-electron chi connectivity index (χ4n) is 1.03. The summed E-state index contributed by atoms with van der Waals surface area (Å²) < 4.78 is 1.37. The van der Waals surface area contributed by atoms with Crippen LogP contribution in [0.5, 0.6) is 0 Å². The lowest BCUT2D eigenvalue weighted by molar-refractivity contribution is 0.765. The molecule has 0 aliphatic carbocycles. The van der Waals surface area contributed by atoms with E-state index in [0.29, 0.717) is 20.9 Å². The summed E-state index contributed by atoms with van der Waals surface area (Å²) in [6.45, 7) is 0. The summed E-state index contributed by atoms with van der Waals surface area (Å²) in [5.41, 5.74) is 5.73. The van der Waals surface area contributed by atoms with Crippen molar-refractivity contribution in [3.8, 4) is 0 Å². The Morgan fingerprint density at radius 3 is 2.94 bits per heavy atom. The number of hydrogen-bond acceptors (Lipinski definition) is 5. The van der Waals surface area contributed by atoms with Crippen LogP contribution in [0.2, 0.25) is 5.02 Å². The van der Waals surface area contributed by atoms with E-state index >= 15 is 0 Å². The number of nitrogen functional groups attached to an aromatic ring is 1. The van der Waals surface area contributed by atoms with E-state index in [-0.39, 0.29) is 5.69 Å². The SMILES string of the molecule is Cn1c(Sc2ncc(N)cc2Cl)n[nH]c1=O. The monoisotopic (exact) mass is 257 g/mol. The quantitative estimate of drug-likeness (QED) is 0.834. The lowest BCUT2D eigenvalue weighted by Crippen LogP contribution is -2.12. The van der Waals surface area contributed by atoms with Crippen molar-refractivity contribution in [3.05, 3.63) is 27.8 Å². The van der Waals surface area contributed by atoms with Crippen LogP contribution < -0.4 is 11.4 Å². The van der Waals surface area contributed by atoms with Crippen molar-refractivity contribution in [2.75, 3.05) is 5.73 Å². The maximum Gasteiger partial charge on any atom is 0.343 e. The van der Waals surface area contributed by atoms with Gasteiger partial charge in [-0.05, 0) is 17.8 Å². The highest BCUT2D eigenvalue weighted by Crippen LogP contribution is 2.30. The Morgan fingerprint density at radius 2 is 2.38 bits per heavy atom. The second kappa shape index (κ2) is 4.18. The summed E-state index contributed by atoms with van der Waals surface area (Å²) in [4.78, 5) is 15.2. The summed E-state index contributed by atoms with van der Waals surface area (Å²) in [6.07, 6.45) is 1.50. The molecule has 0 amide bonds. The molecule has 0 spiro atoms. The smallest absolute Gasteiger partial charge is 0.343 e. The zero-order valence-electron chi connectivity index (χ0n) is 8.27. The minimum absolute atomic E-state index is 0.283. The fraction of sp³-hybridized carbons (Fsp3) is 0.125. The summed E-state index contributed by atoms with van der Waals surface area (Å²) in [5.74, 6) is 0. The molecule has 84 valence electrons. The number of halogens is 1. The molecule has 0 bridgehead atoms. The number of nitrogens with one attached hydrogen (secondary N) is 1. The third-order valence-electron chi connectivity index (χ3n) is 1.86. The summed E-state index contributed by atoms with van der Waals surface area (Å²) in [6, 6.07) is 1.60. The summed E-state index contributed by atoms with van der Waals surface area (Å²) >= 11 is 7.14. The van der Waals surface area contributed by atoms with E-state index in [2.05, 4.69) is 15.2 Å². The predicted molar refractivity (Wildman–Crippen MR) is 61.6 cm³/mol.